The fourth-order valence-corrected chi connectivity index (χ4v) is 1.40. The lowest BCUT2D eigenvalue weighted by Gasteiger charge is -2.11. The Kier molecular flexibility index (Phi) is 4.44. The van der Waals surface area contributed by atoms with Crippen molar-refractivity contribution < 1.29 is 9.13 Å². The van der Waals surface area contributed by atoms with Gasteiger partial charge < -0.3 is 4.74 Å². The van der Waals surface area contributed by atoms with E-state index in [9.17, 15) is 4.39 Å². The van der Waals surface area contributed by atoms with Gasteiger partial charge in [-0.3, -0.25) is 0 Å². The molecule has 0 saturated carbocycles. The van der Waals surface area contributed by atoms with Gasteiger partial charge in [-0.05, 0) is 24.0 Å². The highest BCUT2D eigenvalue weighted by molar-refractivity contribution is 5.33. The topological polar surface area (TPSA) is 9.23 Å². The maximum Gasteiger partial charge on any atom is 0.123 e. The first-order chi connectivity index (χ1) is 6.74. The SMILES string of the molecule is CC(C)Cc1ccccc1OCCF. The summed E-state index contributed by atoms with van der Waals surface area (Å²) in [5.74, 6) is 1.41. The van der Waals surface area contributed by atoms with Gasteiger partial charge in [0.05, 0.1) is 0 Å². The van der Waals surface area contributed by atoms with E-state index >= 15 is 0 Å². The van der Waals surface area contributed by atoms with Crippen LogP contribution in [0.3, 0.4) is 0 Å². The third-order valence-electron chi connectivity index (χ3n) is 1.94. The van der Waals surface area contributed by atoms with E-state index < -0.39 is 6.67 Å². The van der Waals surface area contributed by atoms with Crippen molar-refractivity contribution in [3.8, 4) is 5.75 Å². The van der Waals surface area contributed by atoms with Crippen molar-refractivity contribution in [1.29, 1.82) is 0 Å². The molecule has 2 heteroatoms. The molecule has 0 heterocycles. The van der Waals surface area contributed by atoms with Crippen LogP contribution in [0.4, 0.5) is 4.39 Å². The molecule has 1 nitrogen and oxygen atoms in total. The summed E-state index contributed by atoms with van der Waals surface area (Å²) >= 11 is 0. The molecule has 0 atom stereocenters. The third kappa shape index (κ3) is 3.36. The molecule has 0 aliphatic carbocycles. The lowest BCUT2D eigenvalue weighted by atomic mass is 10.0. The molecule has 0 aliphatic rings. The average molecular weight is 196 g/mol. The Morgan fingerprint density at radius 3 is 2.64 bits per heavy atom. The molecule has 1 rings (SSSR count). The molecular formula is C12H17FO. The summed E-state index contributed by atoms with van der Waals surface area (Å²) in [4.78, 5) is 0. The van der Waals surface area contributed by atoms with E-state index in [1.807, 2.05) is 24.3 Å². The minimum absolute atomic E-state index is 0.148. The van der Waals surface area contributed by atoms with Gasteiger partial charge in [-0.25, -0.2) is 4.39 Å². The summed E-state index contributed by atoms with van der Waals surface area (Å²) in [5.41, 5.74) is 1.16. The summed E-state index contributed by atoms with van der Waals surface area (Å²) in [6.45, 7) is 4.03. The van der Waals surface area contributed by atoms with E-state index in [1.54, 1.807) is 0 Å². The average Bonchev–Trinajstić information content (AvgIpc) is 2.16. The summed E-state index contributed by atoms with van der Waals surface area (Å²) in [6, 6.07) is 7.83. The zero-order valence-corrected chi connectivity index (χ0v) is 8.79. The molecule has 0 amide bonds. The Labute approximate surface area is 84.9 Å². The van der Waals surface area contributed by atoms with Gasteiger partial charge in [0.25, 0.3) is 0 Å². The summed E-state index contributed by atoms with van der Waals surface area (Å²) < 4.78 is 17.3. The van der Waals surface area contributed by atoms with Crippen molar-refractivity contribution in [2.24, 2.45) is 5.92 Å². The number of rotatable bonds is 5. The molecule has 1 aromatic rings. The maximum atomic E-state index is 11.9. The van der Waals surface area contributed by atoms with Crippen molar-refractivity contribution in [2.45, 2.75) is 20.3 Å². The first-order valence-corrected chi connectivity index (χ1v) is 5.00. The number of para-hydroxylation sites is 1. The molecule has 0 N–H and O–H groups in total. The van der Waals surface area contributed by atoms with E-state index in [2.05, 4.69) is 13.8 Å². The molecule has 0 bridgehead atoms. The van der Waals surface area contributed by atoms with E-state index in [-0.39, 0.29) is 6.61 Å². The standard InChI is InChI=1S/C12H17FO/c1-10(2)9-11-5-3-4-6-12(11)14-8-7-13/h3-6,10H,7-9H2,1-2H3. The Morgan fingerprint density at radius 2 is 2.00 bits per heavy atom. The second kappa shape index (κ2) is 5.63. The van der Waals surface area contributed by atoms with Crippen molar-refractivity contribution in [1.82, 2.24) is 0 Å². The molecule has 0 saturated heterocycles. The largest absolute Gasteiger partial charge is 0.491 e. The fourth-order valence-electron chi connectivity index (χ4n) is 1.40. The van der Waals surface area contributed by atoms with Crippen LogP contribution < -0.4 is 4.74 Å². The maximum absolute atomic E-state index is 11.9. The van der Waals surface area contributed by atoms with E-state index in [1.165, 1.54) is 0 Å². The van der Waals surface area contributed by atoms with Crippen LogP contribution in [0.2, 0.25) is 0 Å². The van der Waals surface area contributed by atoms with Crippen LogP contribution in [-0.4, -0.2) is 13.3 Å². The quantitative estimate of drug-likeness (QED) is 0.702. The Hall–Kier alpha value is -1.05. The molecule has 0 radical (unpaired) electrons. The molecule has 0 unspecified atom stereocenters. The Bertz CT molecular complexity index is 271. The monoisotopic (exact) mass is 196 g/mol. The summed E-state index contributed by atoms with van der Waals surface area (Å²) in [6.07, 6.45) is 0.975. The zero-order valence-electron chi connectivity index (χ0n) is 8.79. The number of ether oxygens (including phenoxy) is 1. The van der Waals surface area contributed by atoms with Gasteiger partial charge in [-0.1, -0.05) is 32.0 Å². The predicted octanol–water partition coefficient (Wildman–Crippen LogP) is 3.23. The zero-order chi connectivity index (χ0) is 10.4. The lowest BCUT2D eigenvalue weighted by molar-refractivity contribution is 0.270. The van der Waals surface area contributed by atoms with Gasteiger partial charge in [-0.15, -0.1) is 0 Å². The first-order valence-electron chi connectivity index (χ1n) is 5.00. The second-order valence-electron chi connectivity index (χ2n) is 3.74. The molecule has 0 aliphatic heterocycles. The summed E-state index contributed by atoms with van der Waals surface area (Å²) in [7, 11) is 0. The van der Waals surface area contributed by atoms with Crippen molar-refractivity contribution in [2.75, 3.05) is 13.3 Å². The van der Waals surface area contributed by atoms with Crippen molar-refractivity contribution in [3.63, 3.8) is 0 Å². The smallest absolute Gasteiger partial charge is 0.123 e. The Morgan fingerprint density at radius 1 is 1.29 bits per heavy atom. The van der Waals surface area contributed by atoms with Gasteiger partial charge in [-0.2, -0.15) is 0 Å². The molecule has 0 fully saturated rings. The van der Waals surface area contributed by atoms with Crippen LogP contribution in [0.5, 0.6) is 5.75 Å². The van der Waals surface area contributed by atoms with Gasteiger partial charge in [0.2, 0.25) is 0 Å². The number of hydrogen-bond donors (Lipinski definition) is 0. The van der Waals surface area contributed by atoms with Gasteiger partial charge >= 0.3 is 0 Å². The Balaban J connectivity index is 2.69. The highest BCUT2D eigenvalue weighted by Crippen LogP contribution is 2.20. The lowest BCUT2D eigenvalue weighted by Crippen LogP contribution is -2.03. The van der Waals surface area contributed by atoms with E-state index in [0.717, 1.165) is 17.7 Å². The minimum Gasteiger partial charge on any atom is -0.491 e. The van der Waals surface area contributed by atoms with Gasteiger partial charge in [0.1, 0.15) is 19.0 Å². The number of benzene rings is 1. The molecule has 78 valence electrons. The van der Waals surface area contributed by atoms with Crippen LogP contribution in [-0.2, 0) is 6.42 Å². The molecule has 1 aromatic carbocycles. The van der Waals surface area contributed by atoms with Crippen molar-refractivity contribution >= 4 is 0 Å². The number of alkyl halides is 1. The van der Waals surface area contributed by atoms with Crippen molar-refractivity contribution in [3.05, 3.63) is 29.8 Å². The van der Waals surface area contributed by atoms with E-state index in [4.69, 9.17) is 4.74 Å². The molecular weight excluding hydrogens is 179 g/mol. The summed E-state index contributed by atoms with van der Waals surface area (Å²) in [5, 5.41) is 0. The highest BCUT2D eigenvalue weighted by atomic mass is 19.1. The number of halogens is 1. The van der Waals surface area contributed by atoms with Crippen LogP contribution in [0.15, 0.2) is 24.3 Å². The van der Waals surface area contributed by atoms with Crippen LogP contribution in [0.1, 0.15) is 19.4 Å². The first kappa shape index (κ1) is 11.0. The number of hydrogen-bond acceptors (Lipinski definition) is 1. The second-order valence-corrected chi connectivity index (χ2v) is 3.74. The molecule has 14 heavy (non-hydrogen) atoms. The van der Waals surface area contributed by atoms with Crippen LogP contribution in [0, 0.1) is 5.92 Å². The van der Waals surface area contributed by atoms with Crippen LogP contribution in [0.25, 0.3) is 0 Å². The normalized spacial score (nSPS) is 10.6. The highest BCUT2D eigenvalue weighted by Gasteiger charge is 2.04. The van der Waals surface area contributed by atoms with E-state index in [0.29, 0.717) is 5.92 Å². The third-order valence-corrected chi connectivity index (χ3v) is 1.94. The fraction of sp³-hybridized carbons (Fsp3) is 0.500. The van der Waals surface area contributed by atoms with Crippen LogP contribution >= 0.6 is 0 Å². The molecule has 0 spiro atoms. The molecule has 0 aromatic heterocycles. The van der Waals surface area contributed by atoms with Gasteiger partial charge in [0.15, 0.2) is 0 Å². The predicted molar refractivity (Wildman–Crippen MR) is 56.5 cm³/mol. The minimum atomic E-state index is -0.435. The van der Waals surface area contributed by atoms with Gasteiger partial charge in [0, 0.05) is 0 Å².